The molecule has 9 heteroatoms. The number of pyridine rings is 1. The minimum absolute atomic E-state index is 0. The number of nitrogens with one attached hydrogen (secondary N) is 1. The molecule has 21 heavy (non-hydrogen) atoms. The Bertz CT molecular complexity index is 495. The number of aromatic hydroxyl groups is 1. The normalized spacial score (nSPS) is 8.14. The summed E-state index contributed by atoms with van der Waals surface area (Å²) in [4.78, 5) is 3.95. The number of nitrogens with two attached hydrogens (primary N) is 2. The van der Waals surface area contributed by atoms with E-state index < -0.39 is 0 Å². The third kappa shape index (κ3) is 13.7. The van der Waals surface area contributed by atoms with E-state index in [1.807, 2.05) is 12.1 Å². The molecule has 6 N–H and O–H groups in total. The maximum atomic E-state index is 8.79. The highest BCUT2D eigenvalue weighted by molar-refractivity contribution is 9.11. The topological polar surface area (TPSA) is 109 Å². The van der Waals surface area contributed by atoms with Crippen LogP contribution in [0.1, 0.15) is 0 Å². The van der Waals surface area contributed by atoms with E-state index in [0.29, 0.717) is 5.02 Å². The van der Waals surface area contributed by atoms with Crippen LogP contribution in [0.15, 0.2) is 51.7 Å². The first kappa shape index (κ1) is 22.3. The zero-order valence-electron chi connectivity index (χ0n) is 10.6. The van der Waals surface area contributed by atoms with Crippen LogP contribution in [0.2, 0.25) is 5.02 Å². The average Bonchev–Trinajstić information content (AvgIpc) is 2.37. The minimum Gasteiger partial charge on any atom is -0.506 e. The number of benzene rings is 1. The first-order valence-electron chi connectivity index (χ1n) is 5.13. The second-order valence-corrected chi connectivity index (χ2v) is 5.34. The average molecular weight is 461 g/mol. The molecule has 0 fully saturated rings. The summed E-state index contributed by atoms with van der Waals surface area (Å²) in [5, 5.41) is 15.2. The third-order valence-corrected chi connectivity index (χ3v) is 2.80. The van der Waals surface area contributed by atoms with Gasteiger partial charge < -0.3 is 16.6 Å². The van der Waals surface area contributed by atoms with Crippen molar-refractivity contribution in [2.24, 2.45) is 11.5 Å². The fraction of sp³-hybridized carbons (Fsp3) is 0. The molecule has 5 nitrogen and oxygen atoms in total. The number of hydrogen-bond donors (Lipinski definition) is 4. The second-order valence-electron chi connectivity index (χ2n) is 3.21. The molecule has 1 heterocycles. The summed E-state index contributed by atoms with van der Waals surface area (Å²) in [6.45, 7) is 0. The van der Waals surface area contributed by atoms with E-state index >= 15 is 0 Å². The van der Waals surface area contributed by atoms with Gasteiger partial charge in [0.25, 0.3) is 0 Å². The molecule has 116 valence electrons. The van der Waals surface area contributed by atoms with E-state index in [1.54, 1.807) is 30.5 Å². The maximum Gasteiger partial charge on any atom is 0.183 e. The van der Waals surface area contributed by atoms with Crippen LogP contribution in [0.3, 0.4) is 0 Å². The van der Waals surface area contributed by atoms with Gasteiger partial charge in [-0.3, -0.25) is 5.41 Å². The van der Waals surface area contributed by atoms with Crippen molar-refractivity contribution in [3.8, 4) is 5.75 Å². The molecule has 0 unspecified atom stereocenters. The lowest BCUT2D eigenvalue weighted by atomic mass is 10.3. The lowest BCUT2D eigenvalue weighted by molar-refractivity contribution is 0.475. The van der Waals surface area contributed by atoms with Crippen molar-refractivity contribution < 1.29 is 5.11 Å². The molecule has 0 atom stereocenters. The summed E-state index contributed by atoms with van der Waals surface area (Å²) in [6, 6.07) is 10.5. The molecule has 0 bridgehead atoms. The standard InChI is InChI=1S/C6H5ClO.C5H3Br2N.CH5N3.ClH/c7-5-3-1-2-4-6(5)8;6-4-1-2-5(7)8-3-4;2-1(3)4;/h1-4,8H;1-3H;(H5,2,3,4);1H. The van der Waals surface area contributed by atoms with E-state index in [4.69, 9.17) is 22.1 Å². The number of nitrogens with zero attached hydrogens (tertiary/aromatic N) is 1. The Balaban J connectivity index is 0. The third-order valence-electron chi connectivity index (χ3n) is 1.54. The van der Waals surface area contributed by atoms with Crippen molar-refractivity contribution in [3.05, 3.63) is 56.7 Å². The van der Waals surface area contributed by atoms with Crippen LogP contribution in [0.25, 0.3) is 0 Å². The van der Waals surface area contributed by atoms with Crippen LogP contribution >= 0.6 is 55.9 Å². The van der Waals surface area contributed by atoms with Crippen molar-refractivity contribution in [2.75, 3.05) is 0 Å². The van der Waals surface area contributed by atoms with Gasteiger partial charge in [0.2, 0.25) is 0 Å². The smallest absolute Gasteiger partial charge is 0.183 e. The van der Waals surface area contributed by atoms with E-state index in [-0.39, 0.29) is 24.1 Å². The molecular formula is C12H14Br2Cl2N4O. The van der Waals surface area contributed by atoms with E-state index in [1.165, 1.54) is 0 Å². The number of rotatable bonds is 0. The minimum atomic E-state index is -0.333. The summed E-state index contributed by atoms with van der Waals surface area (Å²) < 4.78 is 1.86. The molecule has 1 aromatic heterocycles. The number of phenolic OH excluding ortho intramolecular Hbond substituents is 1. The Morgan fingerprint density at radius 1 is 1.14 bits per heavy atom. The van der Waals surface area contributed by atoms with Crippen molar-refractivity contribution in [3.63, 3.8) is 0 Å². The number of phenols is 1. The number of para-hydroxylation sites is 1. The Morgan fingerprint density at radius 2 is 1.67 bits per heavy atom. The SMILES string of the molecule is Brc1ccc(Br)nc1.Cl.N=C(N)N.Oc1ccccc1Cl. The van der Waals surface area contributed by atoms with Gasteiger partial charge in [0.15, 0.2) is 5.96 Å². The maximum absolute atomic E-state index is 8.79. The predicted octanol–water partition coefficient (Wildman–Crippen LogP) is 3.91. The second kappa shape index (κ2) is 12.7. The molecule has 1 aromatic carbocycles. The highest BCUT2D eigenvalue weighted by Crippen LogP contribution is 2.20. The predicted molar refractivity (Wildman–Crippen MR) is 96.1 cm³/mol. The summed E-state index contributed by atoms with van der Waals surface area (Å²) in [5.74, 6) is -0.200. The summed E-state index contributed by atoms with van der Waals surface area (Å²) in [6.07, 6.45) is 1.74. The van der Waals surface area contributed by atoms with Crippen molar-refractivity contribution >= 4 is 61.8 Å². The lowest BCUT2D eigenvalue weighted by Crippen LogP contribution is -2.20. The fourth-order valence-corrected chi connectivity index (χ4v) is 1.41. The van der Waals surface area contributed by atoms with Crippen molar-refractivity contribution in [2.45, 2.75) is 0 Å². The van der Waals surface area contributed by atoms with Crippen LogP contribution in [0, 0.1) is 5.41 Å². The van der Waals surface area contributed by atoms with Crippen LogP contribution < -0.4 is 11.5 Å². The zero-order valence-corrected chi connectivity index (χ0v) is 15.4. The lowest BCUT2D eigenvalue weighted by Gasteiger charge is -1.89. The number of halogens is 4. The fourth-order valence-electron chi connectivity index (χ4n) is 0.810. The Kier molecular flexibility index (Phi) is 13.5. The molecular weight excluding hydrogens is 447 g/mol. The Hall–Kier alpha value is -1.02. The number of aromatic nitrogens is 1. The van der Waals surface area contributed by atoms with Gasteiger partial charge in [-0.05, 0) is 56.1 Å². The van der Waals surface area contributed by atoms with Gasteiger partial charge in [-0.25, -0.2) is 4.98 Å². The van der Waals surface area contributed by atoms with Crippen LogP contribution in [0.4, 0.5) is 0 Å². The molecule has 0 aliphatic heterocycles. The van der Waals surface area contributed by atoms with Crippen molar-refractivity contribution in [1.82, 2.24) is 4.98 Å². The van der Waals surface area contributed by atoms with Crippen LogP contribution in [0.5, 0.6) is 5.75 Å². The first-order chi connectivity index (χ1) is 9.32. The van der Waals surface area contributed by atoms with Gasteiger partial charge in [0, 0.05) is 10.7 Å². The van der Waals surface area contributed by atoms with E-state index in [0.717, 1.165) is 9.08 Å². The largest absolute Gasteiger partial charge is 0.506 e. The van der Waals surface area contributed by atoms with Crippen molar-refractivity contribution in [1.29, 1.82) is 5.41 Å². The molecule has 0 aliphatic rings. The monoisotopic (exact) mass is 458 g/mol. The van der Waals surface area contributed by atoms with Gasteiger partial charge in [-0.15, -0.1) is 12.4 Å². The van der Waals surface area contributed by atoms with Gasteiger partial charge in [-0.2, -0.15) is 0 Å². The van der Waals surface area contributed by atoms with E-state index in [2.05, 4.69) is 48.3 Å². The Labute approximate surface area is 150 Å². The zero-order chi connectivity index (χ0) is 15.5. The van der Waals surface area contributed by atoms with Gasteiger partial charge in [-0.1, -0.05) is 23.7 Å². The summed E-state index contributed by atoms with van der Waals surface area (Å²) >= 11 is 11.9. The summed E-state index contributed by atoms with van der Waals surface area (Å²) in [5.41, 5.74) is 8.94. The molecule has 0 aliphatic carbocycles. The molecule has 0 saturated carbocycles. The molecule has 2 rings (SSSR count). The Morgan fingerprint density at radius 3 is 1.95 bits per heavy atom. The molecule has 0 radical (unpaired) electrons. The molecule has 0 spiro atoms. The number of guanidine groups is 1. The van der Waals surface area contributed by atoms with Gasteiger partial charge >= 0.3 is 0 Å². The first-order valence-corrected chi connectivity index (χ1v) is 7.09. The van der Waals surface area contributed by atoms with Gasteiger partial charge in [0.05, 0.1) is 5.02 Å². The van der Waals surface area contributed by atoms with E-state index in [9.17, 15) is 0 Å². The summed E-state index contributed by atoms with van der Waals surface area (Å²) in [7, 11) is 0. The highest BCUT2D eigenvalue weighted by atomic mass is 79.9. The highest BCUT2D eigenvalue weighted by Gasteiger charge is 1.89. The van der Waals surface area contributed by atoms with Gasteiger partial charge in [0.1, 0.15) is 10.4 Å². The van der Waals surface area contributed by atoms with Crippen LogP contribution in [-0.4, -0.2) is 16.1 Å². The van der Waals surface area contributed by atoms with Crippen LogP contribution in [-0.2, 0) is 0 Å². The molecule has 0 amide bonds. The number of hydrogen-bond acceptors (Lipinski definition) is 3. The quantitative estimate of drug-likeness (QED) is 0.271. The molecule has 0 saturated heterocycles. The molecule has 2 aromatic rings.